The van der Waals surface area contributed by atoms with Gasteiger partial charge in [-0.25, -0.2) is 0 Å². The quantitative estimate of drug-likeness (QED) is 0.0289. The van der Waals surface area contributed by atoms with E-state index in [2.05, 4.69) is 190 Å². The molecular formula is C68H126N16O4. The maximum absolute atomic E-state index is 13.4. The third-order valence-electron chi connectivity index (χ3n) is 18.0. The minimum absolute atomic E-state index is 0.0666. The lowest BCUT2D eigenvalue weighted by atomic mass is 9.79. The highest BCUT2D eigenvalue weighted by atomic mass is 16.5. The van der Waals surface area contributed by atoms with Crippen LogP contribution in [0.5, 0.6) is 0 Å². The predicted molar refractivity (Wildman–Crippen MR) is 363 cm³/mol. The van der Waals surface area contributed by atoms with E-state index in [0.717, 1.165) is 142 Å². The normalized spacial score (nSPS) is 21.3. The molecule has 0 aliphatic carbocycles. The molecule has 4 aliphatic rings. The van der Waals surface area contributed by atoms with Crippen LogP contribution in [0.25, 0.3) is 0 Å². The molecule has 20 heteroatoms. The van der Waals surface area contributed by atoms with Crippen molar-refractivity contribution in [3.05, 3.63) is 0 Å². The summed E-state index contributed by atoms with van der Waals surface area (Å²) >= 11 is 0. The number of carbonyl (C=O) groups is 2. The van der Waals surface area contributed by atoms with Crippen molar-refractivity contribution >= 4 is 47.6 Å². The van der Waals surface area contributed by atoms with Crippen molar-refractivity contribution in [1.82, 2.24) is 51.2 Å². The fourth-order valence-electron chi connectivity index (χ4n) is 15.8. The van der Waals surface area contributed by atoms with Crippen LogP contribution >= 0.6 is 0 Å². The van der Waals surface area contributed by atoms with Crippen molar-refractivity contribution in [1.29, 1.82) is 0 Å². The molecule has 4 aliphatic heterocycles. The number of ether oxygens (including phenoxy) is 2. The molecule has 0 atom stereocenters. The molecule has 502 valence electrons. The number of aromatic nitrogens is 6. The van der Waals surface area contributed by atoms with Crippen molar-refractivity contribution in [2.24, 2.45) is 0 Å². The summed E-state index contributed by atoms with van der Waals surface area (Å²) in [6.45, 7) is 49.3. The molecule has 0 bridgehead atoms. The standard InChI is InChI=1S/C68H126N16O4/c1-21-25-33-81(49-39-61(5,6)77-62(7,8)40-49)57-71-55(72-58(75-57)82(34-26-22-2)50-41-63(9,10)78-64(11,12)42-50)69-47-53(85)87-37-31-29-30-32-38-88-54(86)48-70-56-73-59(83(35-27-23-3)51-43-65(13,14)79-66(15,16)44-51)76-60(74-56)84(36-28-24-4)52-45-67(17,18)80-68(19,20)46-52/h49-52,77-80H,21-48H2,1-20H3,(H,69,71,72,75)(H,70,73,74,76). The summed E-state index contributed by atoms with van der Waals surface area (Å²) in [5.41, 5.74) is -0.589. The maximum Gasteiger partial charge on any atom is 0.325 e. The van der Waals surface area contributed by atoms with Crippen LogP contribution in [0.4, 0.5) is 35.7 Å². The first-order valence-electron chi connectivity index (χ1n) is 34.6. The molecule has 20 nitrogen and oxygen atoms in total. The molecule has 0 aromatic carbocycles. The van der Waals surface area contributed by atoms with Crippen molar-refractivity contribution < 1.29 is 19.1 Å². The highest BCUT2D eigenvalue weighted by Gasteiger charge is 2.45. The fraction of sp³-hybridized carbons (Fsp3) is 0.882. The van der Waals surface area contributed by atoms with E-state index in [1.54, 1.807) is 0 Å². The molecule has 2 aromatic heterocycles. The first-order valence-corrected chi connectivity index (χ1v) is 34.6. The van der Waals surface area contributed by atoms with Gasteiger partial charge in [-0.05, 0) is 214 Å². The van der Waals surface area contributed by atoms with Gasteiger partial charge >= 0.3 is 11.9 Å². The lowest BCUT2D eigenvalue weighted by Crippen LogP contribution is -2.63. The molecule has 0 amide bonds. The van der Waals surface area contributed by atoms with Crippen molar-refractivity contribution in [2.75, 3.05) is 82.7 Å². The zero-order valence-electron chi connectivity index (χ0n) is 59.2. The summed E-state index contributed by atoms with van der Waals surface area (Å²) in [5, 5.41) is 22.1. The Morgan fingerprint density at radius 2 is 0.580 bits per heavy atom. The molecule has 88 heavy (non-hydrogen) atoms. The van der Waals surface area contributed by atoms with Crippen LogP contribution in [-0.2, 0) is 19.1 Å². The molecule has 6 N–H and O–H groups in total. The van der Waals surface area contributed by atoms with E-state index in [0.29, 0.717) is 48.5 Å². The Balaban J connectivity index is 1.08. The smallest absolute Gasteiger partial charge is 0.325 e. The van der Waals surface area contributed by atoms with Crippen molar-refractivity contribution in [3.63, 3.8) is 0 Å². The topological polar surface area (TPSA) is 215 Å². The van der Waals surface area contributed by atoms with Crippen LogP contribution in [0.15, 0.2) is 0 Å². The predicted octanol–water partition coefficient (Wildman–Crippen LogP) is 11.9. The lowest BCUT2D eigenvalue weighted by Gasteiger charge is -2.50. The Kier molecular flexibility index (Phi) is 25.4. The Hall–Kier alpha value is -4.40. The van der Waals surface area contributed by atoms with Crippen LogP contribution in [0.3, 0.4) is 0 Å². The molecular weight excluding hydrogens is 1100 g/mol. The van der Waals surface area contributed by atoms with Crippen molar-refractivity contribution in [3.8, 4) is 0 Å². The molecule has 0 spiro atoms. The third-order valence-corrected chi connectivity index (χ3v) is 18.0. The van der Waals surface area contributed by atoms with E-state index >= 15 is 0 Å². The first-order chi connectivity index (χ1) is 41.1. The van der Waals surface area contributed by atoms with Gasteiger partial charge in [0.25, 0.3) is 0 Å². The van der Waals surface area contributed by atoms with Gasteiger partial charge in [-0.3, -0.25) is 9.59 Å². The van der Waals surface area contributed by atoms with E-state index in [4.69, 9.17) is 39.4 Å². The summed E-state index contributed by atoms with van der Waals surface area (Å²) in [7, 11) is 0. The highest BCUT2D eigenvalue weighted by Crippen LogP contribution is 2.39. The van der Waals surface area contributed by atoms with Gasteiger partial charge in [-0.15, -0.1) is 0 Å². The van der Waals surface area contributed by atoms with Crippen LogP contribution < -0.4 is 51.5 Å². The van der Waals surface area contributed by atoms with Gasteiger partial charge in [-0.1, -0.05) is 53.4 Å². The largest absolute Gasteiger partial charge is 0.464 e. The number of carbonyl (C=O) groups excluding carboxylic acids is 2. The Morgan fingerprint density at radius 3 is 0.784 bits per heavy atom. The van der Waals surface area contributed by atoms with Gasteiger partial charge < -0.3 is 61.0 Å². The number of piperidine rings is 4. The van der Waals surface area contributed by atoms with Crippen LogP contribution in [-0.4, -0.2) is 163 Å². The minimum atomic E-state index is -0.363. The Labute approximate surface area is 533 Å². The van der Waals surface area contributed by atoms with Gasteiger partial charge in [0.2, 0.25) is 35.7 Å². The van der Waals surface area contributed by atoms with Crippen LogP contribution in [0.2, 0.25) is 0 Å². The van der Waals surface area contributed by atoms with Crippen LogP contribution in [0, 0.1) is 0 Å². The summed E-state index contributed by atoms with van der Waals surface area (Å²) in [6, 6.07) is 0.839. The maximum atomic E-state index is 13.4. The van der Waals surface area contributed by atoms with Gasteiger partial charge in [0.1, 0.15) is 13.1 Å². The third kappa shape index (κ3) is 22.8. The lowest BCUT2D eigenvalue weighted by molar-refractivity contribution is -0.142. The zero-order valence-corrected chi connectivity index (χ0v) is 59.2. The summed E-state index contributed by atoms with van der Waals surface area (Å²) in [5.74, 6) is 2.68. The van der Waals surface area contributed by atoms with Gasteiger partial charge in [-0.2, -0.15) is 29.9 Å². The molecule has 2 aromatic rings. The molecule has 6 heterocycles. The summed E-state index contributed by atoms with van der Waals surface area (Å²) < 4.78 is 11.6. The van der Waals surface area contributed by atoms with Gasteiger partial charge in [0.15, 0.2) is 0 Å². The van der Waals surface area contributed by atoms with Gasteiger partial charge in [0, 0.05) is 94.7 Å². The first kappa shape index (κ1) is 72.7. The monoisotopic (exact) mass is 1230 g/mol. The number of nitrogens with zero attached hydrogens (tertiary/aromatic N) is 10. The molecule has 6 rings (SSSR count). The summed E-state index contributed by atoms with van der Waals surface area (Å²) in [4.78, 5) is 67.9. The number of anilines is 6. The Morgan fingerprint density at radius 1 is 0.364 bits per heavy atom. The molecule has 4 fully saturated rings. The number of nitrogens with one attached hydrogen (secondary N) is 6. The number of unbranched alkanes of at least 4 members (excludes halogenated alkanes) is 7. The minimum Gasteiger partial charge on any atom is -0.464 e. The second-order valence-electron chi connectivity index (χ2n) is 32.1. The van der Waals surface area contributed by atoms with Crippen molar-refractivity contribution in [2.45, 2.75) is 335 Å². The fourth-order valence-corrected chi connectivity index (χ4v) is 15.8. The SMILES string of the molecule is CCCCN(c1nc(NCC(=O)OCCCCCCOC(=O)CNc2nc(N(CCCC)C3CC(C)(C)NC(C)(C)C3)nc(N(CCCC)C3CC(C)(C)NC(C)(C)C3)n2)nc(N(CCCC)C2CC(C)(C)NC(C)(C)C2)n1)C1CC(C)(C)NC(C)(C)C1. The van der Waals surface area contributed by atoms with E-state index < -0.39 is 0 Å². The highest BCUT2D eigenvalue weighted by molar-refractivity contribution is 5.75. The van der Waals surface area contributed by atoms with E-state index in [9.17, 15) is 9.59 Å². The van der Waals surface area contributed by atoms with E-state index in [1.165, 1.54) is 0 Å². The zero-order chi connectivity index (χ0) is 64.9. The molecule has 0 unspecified atom stereocenters. The molecule has 4 saturated heterocycles. The van der Waals surface area contributed by atoms with Gasteiger partial charge in [0.05, 0.1) is 13.2 Å². The average Bonchev–Trinajstić information content (AvgIpc) is 3.22. The van der Waals surface area contributed by atoms with E-state index in [-0.39, 0.29) is 107 Å². The van der Waals surface area contributed by atoms with Crippen LogP contribution in [0.1, 0.15) is 267 Å². The average molecular weight is 1230 g/mol. The second kappa shape index (κ2) is 30.8. The second-order valence-corrected chi connectivity index (χ2v) is 32.1. The molecule has 0 radical (unpaired) electrons. The molecule has 0 saturated carbocycles. The number of esters is 2. The number of hydrogen-bond donors (Lipinski definition) is 6. The number of rotatable bonds is 33. The summed E-state index contributed by atoms with van der Waals surface area (Å²) in [6.07, 6.45) is 18.9. The number of hydrogen-bond acceptors (Lipinski definition) is 20. The van der Waals surface area contributed by atoms with E-state index in [1.807, 2.05) is 0 Å². The Bertz CT molecular complexity index is 2150.